The molecule has 2 aromatic carbocycles. The maximum absolute atomic E-state index is 12.3. The maximum atomic E-state index is 12.3. The molecule has 0 aromatic heterocycles. The van der Waals surface area contributed by atoms with E-state index < -0.39 is 6.10 Å². The van der Waals surface area contributed by atoms with Crippen molar-refractivity contribution in [2.24, 2.45) is 0 Å². The number of amides is 1. The lowest BCUT2D eigenvalue weighted by Gasteiger charge is -2.17. The lowest BCUT2D eigenvalue weighted by atomic mass is 10.2. The van der Waals surface area contributed by atoms with E-state index in [1.54, 1.807) is 39.3 Å². The van der Waals surface area contributed by atoms with Gasteiger partial charge < -0.3 is 19.5 Å². The molecule has 0 bridgehead atoms. The molecule has 1 N–H and O–H groups in total. The van der Waals surface area contributed by atoms with E-state index >= 15 is 0 Å². The summed E-state index contributed by atoms with van der Waals surface area (Å²) in [6, 6.07) is 12.8. The van der Waals surface area contributed by atoms with E-state index in [2.05, 4.69) is 5.32 Å². The van der Waals surface area contributed by atoms with Gasteiger partial charge in [0, 0.05) is 11.8 Å². The summed E-state index contributed by atoms with van der Waals surface area (Å²) in [5, 5.41) is 2.81. The quantitative estimate of drug-likeness (QED) is 0.887. The molecule has 0 heterocycles. The third-order valence-corrected chi connectivity index (χ3v) is 3.42. The zero-order valence-electron chi connectivity index (χ0n) is 13.8. The number of aryl methyl sites for hydroxylation is 1. The summed E-state index contributed by atoms with van der Waals surface area (Å²) in [4.78, 5) is 12.3. The first-order chi connectivity index (χ1) is 11.0. The molecule has 0 aliphatic carbocycles. The van der Waals surface area contributed by atoms with Crippen molar-refractivity contribution in [2.45, 2.75) is 20.0 Å². The van der Waals surface area contributed by atoms with Gasteiger partial charge in [0.05, 0.1) is 14.2 Å². The van der Waals surface area contributed by atoms with Crippen LogP contribution in [0, 0.1) is 6.92 Å². The highest BCUT2D eigenvalue weighted by Crippen LogP contribution is 2.29. The summed E-state index contributed by atoms with van der Waals surface area (Å²) in [5.41, 5.74) is 1.60. The number of hydrogen-bond donors (Lipinski definition) is 1. The largest absolute Gasteiger partial charge is 0.493 e. The number of methoxy groups -OCH3 is 2. The van der Waals surface area contributed by atoms with Crippen molar-refractivity contribution in [3.63, 3.8) is 0 Å². The number of carbonyl (C=O) groups is 1. The molecule has 2 aromatic rings. The van der Waals surface area contributed by atoms with Crippen LogP contribution < -0.4 is 19.5 Å². The van der Waals surface area contributed by atoms with Gasteiger partial charge in [-0.3, -0.25) is 4.79 Å². The standard InChI is InChI=1S/C18H21NO4/c1-12-7-5-6-8-15(12)23-13(2)18(20)19-14-9-10-16(21-3)17(11-14)22-4/h5-11,13H,1-4H3,(H,19,20)/t13-/m0/s1. The first-order valence-corrected chi connectivity index (χ1v) is 7.30. The summed E-state index contributed by atoms with van der Waals surface area (Å²) >= 11 is 0. The highest BCUT2D eigenvalue weighted by atomic mass is 16.5. The number of benzene rings is 2. The van der Waals surface area contributed by atoms with E-state index in [0.29, 0.717) is 22.9 Å². The molecule has 0 saturated carbocycles. The van der Waals surface area contributed by atoms with Gasteiger partial charge in [0.1, 0.15) is 5.75 Å². The van der Waals surface area contributed by atoms with Gasteiger partial charge in [-0.25, -0.2) is 0 Å². The topological polar surface area (TPSA) is 56.8 Å². The number of para-hydroxylation sites is 1. The second-order valence-corrected chi connectivity index (χ2v) is 5.08. The molecule has 1 atom stereocenters. The molecule has 122 valence electrons. The van der Waals surface area contributed by atoms with Gasteiger partial charge in [-0.2, -0.15) is 0 Å². The summed E-state index contributed by atoms with van der Waals surface area (Å²) in [6.07, 6.45) is -0.621. The van der Waals surface area contributed by atoms with Gasteiger partial charge >= 0.3 is 0 Å². The average molecular weight is 315 g/mol. The third-order valence-electron chi connectivity index (χ3n) is 3.42. The fraction of sp³-hybridized carbons (Fsp3) is 0.278. The normalized spacial score (nSPS) is 11.5. The van der Waals surface area contributed by atoms with E-state index in [4.69, 9.17) is 14.2 Å². The molecule has 23 heavy (non-hydrogen) atoms. The highest BCUT2D eigenvalue weighted by Gasteiger charge is 2.16. The minimum absolute atomic E-state index is 0.236. The summed E-state index contributed by atoms with van der Waals surface area (Å²) in [6.45, 7) is 3.65. The lowest BCUT2D eigenvalue weighted by molar-refractivity contribution is -0.122. The lowest BCUT2D eigenvalue weighted by Crippen LogP contribution is -2.30. The van der Waals surface area contributed by atoms with Crippen molar-refractivity contribution in [3.8, 4) is 17.2 Å². The zero-order chi connectivity index (χ0) is 16.8. The number of anilines is 1. The van der Waals surface area contributed by atoms with Crippen LogP contribution in [0.15, 0.2) is 42.5 Å². The van der Waals surface area contributed by atoms with Gasteiger partial charge in [-0.15, -0.1) is 0 Å². The molecule has 0 fully saturated rings. The number of nitrogens with one attached hydrogen (secondary N) is 1. The maximum Gasteiger partial charge on any atom is 0.265 e. The number of rotatable bonds is 6. The van der Waals surface area contributed by atoms with Crippen LogP contribution in [0.3, 0.4) is 0 Å². The molecule has 0 spiro atoms. The second kappa shape index (κ2) is 7.54. The second-order valence-electron chi connectivity index (χ2n) is 5.08. The van der Waals surface area contributed by atoms with Crippen molar-refractivity contribution in [1.29, 1.82) is 0 Å². The molecule has 0 radical (unpaired) electrons. The van der Waals surface area contributed by atoms with Crippen LogP contribution in [0.5, 0.6) is 17.2 Å². The van der Waals surface area contributed by atoms with Crippen molar-refractivity contribution in [1.82, 2.24) is 0 Å². The van der Waals surface area contributed by atoms with Crippen LogP contribution in [0.4, 0.5) is 5.69 Å². The van der Waals surface area contributed by atoms with Gasteiger partial charge in [0.25, 0.3) is 5.91 Å². The molecule has 5 nitrogen and oxygen atoms in total. The van der Waals surface area contributed by atoms with Crippen molar-refractivity contribution in [3.05, 3.63) is 48.0 Å². The Morgan fingerprint density at radius 1 is 1.00 bits per heavy atom. The Morgan fingerprint density at radius 2 is 1.70 bits per heavy atom. The van der Waals surface area contributed by atoms with Crippen LogP contribution in [-0.4, -0.2) is 26.2 Å². The fourth-order valence-corrected chi connectivity index (χ4v) is 2.09. The molecule has 0 saturated heterocycles. The zero-order valence-corrected chi connectivity index (χ0v) is 13.8. The van der Waals surface area contributed by atoms with Gasteiger partial charge in [-0.05, 0) is 37.6 Å². The first-order valence-electron chi connectivity index (χ1n) is 7.30. The van der Waals surface area contributed by atoms with Crippen LogP contribution in [0.25, 0.3) is 0 Å². The molecular formula is C18H21NO4. The van der Waals surface area contributed by atoms with Crippen molar-refractivity contribution < 1.29 is 19.0 Å². The van der Waals surface area contributed by atoms with Crippen molar-refractivity contribution >= 4 is 11.6 Å². The Kier molecular flexibility index (Phi) is 5.46. The average Bonchev–Trinajstić information content (AvgIpc) is 2.56. The molecule has 5 heteroatoms. The Bertz CT molecular complexity index is 684. The van der Waals surface area contributed by atoms with Gasteiger partial charge in [0.2, 0.25) is 0 Å². The van der Waals surface area contributed by atoms with Crippen LogP contribution in [0.2, 0.25) is 0 Å². The van der Waals surface area contributed by atoms with Crippen LogP contribution in [0.1, 0.15) is 12.5 Å². The van der Waals surface area contributed by atoms with Crippen LogP contribution in [-0.2, 0) is 4.79 Å². The minimum atomic E-state index is -0.621. The smallest absolute Gasteiger partial charge is 0.265 e. The fourth-order valence-electron chi connectivity index (χ4n) is 2.09. The Morgan fingerprint density at radius 3 is 2.35 bits per heavy atom. The molecule has 0 aliphatic rings. The number of hydrogen-bond acceptors (Lipinski definition) is 4. The van der Waals surface area contributed by atoms with Crippen LogP contribution >= 0.6 is 0 Å². The highest BCUT2D eigenvalue weighted by molar-refractivity contribution is 5.94. The number of carbonyl (C=O) groups excluding carboxylic acids is 1. The summed E-state index contributed by atoms with van der Waals surface area (Å²) in [5.74, 6) is 1.62. The van der Waals surface area contributed by atoms with Gasteiger partial charge in [-0.1, -0.05) is 18.2 Å². The molecule has 1 amide bonds. The third kappa shape index (κ3) is 4.16. The Hall–Kier alpha value is -2.69. The molecule has 0 unspecified atom stereocenters. The Labute approximate surface area is 136 Å². The SMILES string of the molecule is COc1ccc(NC(=O)[C@H](C)Oc2ccccc2C)cc1OC. The molecule has 2 rings (SSSR count). The minimum Gasteiger partial charge on any atom is -0.493 e. The predicted molar refractivity (Wildman–Crippen MR) is 89.4 cm³/mol. The van der Waals surface area contributed by atoms with E-state index in [9.17, 15) is 4.79 Å². The van der Waals surface area contributed by atoms with E-state index in [-0.39, 0.29) is 5.91 Å². The monoisotopic (exact) mass is 315 g/mol. The van der Waals surface area contributed by atoms with Gasteiger partial charge in [0.15, 0.2) is 17.6 Å². The summed E-state index contributed by atoms with van der Waals surface area (Å²) in [7, 11) is 3.11. The Balaban J connectivity index is 2.05. The van der Waals surface area contributed by atoms with E-state index in [0.717, 1.165) is 5.56 Å². The van der Waals surface area contributed by atoms with E-state index in [1.807, 2.05) is 31.2 Å². The molecule has 0 aliphatic heterocycles. The number of ether oxygens (including phenoxy) is 3. The van der Waals surface area contributed by atoms with E-state index in [1.165, 1.54) is 0 Å². The predicted octanol–water partition coefficient (Wildman–Crippen LogP) is 3.42. The molecular weight excluding hydrogens is 294 g/mol. The summed E-state index contributed by atoms with van der Waals surface area (Å²) < 4.78 is 16.1. The van der Waals surface area contributed by atoms with Crippen molar-refractivity contribution in [2.75, 3.05) is 19.5 Å². The first kappa shape index (κ1) is 16.7.